The number of methoxy groups -OCH3 is 1. The Morgan fingerprint density at radius 3 is 2.75 bits per heavy atom. The summed E-state index contributed by atoms with van der Waals surface area (Å²) in [6.07, 6.45) is 3.71. The summed E-state index contributed by atoms with van der Waals surface area (Å²) in [4.78, 5) is 11.2. The van der Waals surface area contributed by atoms with E-state index in [1.54, 1.807) is 0 Å². The van der Waals surface area contributed by atoms with Crippen LogP contribution in [0.25, 0.3) is 0 Å². The molecule has 0 saturated heterocycles. The minimum Gasteiger partial charge on any atom is -0.469 e. The Balaban J connectivity index is 2.06. The second-order valence-electron chi connectivity index (χ2n) is 3.89. The zero-order chi connectivity index (χ0) is 8.77. The highest BCUT2D eigenvalue weighted by Crippen LogP contribution is 2.57. The molecule has 0 amide bonds. The molecule has 66 valence electrons. The van der Waals surface area contributed by atoms with Gasteiger partial charge in [0.25, 0.3) is 0 Å². The van der Waals surface area contributed by atoms with E-state index in [0.717, 1.165) is 25.0 Å². The Labute approximate surface area is 71.6 Å². The monoisotopic (exact) mass is 167 g/mol. The lowest BCUT2D eigenvalue weighted by Gasteiger charge is -2.05. The van der Waals surface area contributed by atoms with Gasteiger partial charge in [-0.25, -0.2) is 0 Å². The Morgan fingerprint density at radius 1 is 1.67 bits per heavy atom. The van der Waals surface area contributed by atoms with Crippen LogP contribution in [-0.4, -0.2) is 18.8 Å². The van der Waals surface area contributed by atoms with E-state index in [-0.39, 0.29) is 17.3 Å². The first-order valence-electron chi connectivity index (χ1n) is 4.34. The number of ether oxygens (including phenoxy) is 1. The molecule has 0 aromatic heterocycles. The van der Waals surface area contributed by atoms with Gasteiger partial charge in [0.2, 0.25) is 0 Å². The van der Waals surface area contributed by atoms with Gasteiger partial charge in [-0.05, 0) is 25.7 Å². The third-order valence-electron chi connectivity index (χ3n) is 3.12. The molecule has 1 unspecified atom stereocenters. The largest absolute Gasteiger partial charge is 0.469 e. The van der Waals surface area contributed by atoms with E-state index in [1.807, 2.05) is 0 Å². The van der Waals surface area contributed by atoms with Crippen molar-refractivity contribution in [2.24, 2.45) is 11.3 Å². The molecule has 1 spiro atoms. The molecule has 2 aliphatic carbocycles. The van der Waals surface area contributed by atoms with Crippen molar-refractivity contribution < 1.29 is 9.53 Å². The third-order valence-corrected chi connectivity index (χ3v) is 3.12. The molecule has 0 bridgehead atoms. The summed E-state index contributed by atoms with van der Waals surface area (Å²) in [5.41, 5.74) is 0.914. The lowest BCUT2D eigenvalue weighted by atomic mass is 10.0. The van der Waals surface area contributed by atoms with Gasteiger partial charge in [0, 0.05) is 11.1 Å². The fourth-order valence-electron chi connectivity index (χ4n) is 2.12. The van der Waals surface area contributed by atoms with E-state index in [0.29, 0.717) is 6.42 Å². The van der Waals surface area contributed by atoms with Gasteiger partial charge in [0.1, 0.15) is 0 Å². The first-order valence-corrected chi connectivity index (χ1v) is 4.34. The maximum absolute atomic E-state index is 11.2. The number of carbonyl (C=O) groups excluding carboxylic acids is 1. The molecular formula is C9H13NO2. The normalized spacial score (nSPS) is 30.8. The minimum absolute atomic E-state index is 0.0231. The third kappa shape index (κ3) is 0.958. The maximum atomic E-state index is 11.2. The van der Waals surface area contributed by atoms with E-state index in [1.165, 1.54) is 7.11 Å². The van der Waals surface area contributed by atoms with Gasteiger partial charge in [0.05, 0.1) is 13.0 Å². The Morgan fingerprint density at radius 2 is 2.33 bits per heavy atom. The zero-order valence-corrected chi connectivity index (χ0v) is 7.22. The van der Waals surface area contributed by atoms with Crippen molar-refractivity contribution in [3.63, 3.8) is 0 Å². The highest BCUT2D eigenvalue weighted by atomic mass is 16.5. The summed E-state index contributed by atoms with van der Waals surface area (Å²) >= 11 is 0. The van der Waals surface area contributed by atoms with Gasteiger partial charge in [-0.3, -0.25) is 4.79 Å². The zero-order valence-electron chi connectivity index (χ0n) is 7.22. The highest BCUT2D eigenvalue weighted by Gasteiger charge is 2.54. The van der Waals surface area contributed by atoms with Crippen LogP contribution in [0.15, 0.2) is 0 Å². The van der Waals surface area contributed by atoms with Crippen molar-refractivity contribution in [1.82, 2.24) is 0 Å². The van der Waals surface area contributed by atoms with E-state index in [4.69, 9.17) is 5.41 Å². The Bertz CT molecular complexity index is 243. The molecule has 2 fully saturated rings. The van der Waals surface area contributed by atoms with Crippen LogP contribution < -0.4 is 0 Å². The average molecular weight is 167 g/mol. The summed E-state index contributed by atoms with van der Waals surface area (Å²) in [6, 6.07) is 0. The molecule has 0 aromatic rings. The number of nitrogens with one attached hydrogen (secondary N) is 1. The predicted molar refractivity (Wildman–Crippen MR) is 44.1 cm³/mol. The number of rotatable bonds is 1. The second kappa shape index (κ2) is 2.31. The molecule has 0 radical (unpaired) electrons. The fraction of sp³-hybridized carbons (Fsp3) is 0.778. The summed E-state index contributed by atoms with van der Waals surface area (Å²) in [6.45, 7) is 0. The maximum Gasteiger partial charge on any atom is 0.309 e. The van der Waals surface area contributed by atoms with Gasteiger partial charge in [-0.15, -0.1) is 0 Å². The van der Waals surface area contributed by atoms with E-state index in [2.05, 4.69) is 4.74 Å². The van der Waals surface area contributed by atoms with Crippen molar-refractivity contribution in [2.75, 3.05) is 7.11 Å². The van der Waals surface area contributed by atoms with Crippen molar-refractivity contribution >= 4 is 11.7 Å². The van der Waals surface area contributed by atoms with Crippen LogP contribution in [0.2, 0.25) is 0 Å². The molecular weight excluding hydrogens is 154 g/mol. The van der Waals surface area contributed by atoms with Crippen LogP contribution in [-0.2, 0) is 9.53 Å². The van der Waals surface area contributed by atoms with Gasteiger partial charge in [0.15, 0.2) is 0 Å². The molecule has 0 aliphatic heterocycles. The van der Waals surface area contributed by atoms with Gasteiger partial charge < -0.3 is 10.1 Å². The van der Waals surface area contributed by atoms with E-state index < -0.39 is 0 Å². The quantitative estimate of drug-likeness (QED) is 0.599. The molecule has 0 aromatic carbocycles. The number of carbonyl (C=O) groups is 1. The van der Waals surface area contributed by atoms with Crippen LogP contribution >= 0.6 is 0 Å². The molecule has 1 atom stereocenters. The van der Waals surface area contributed by atoms with Crippen molar-refractivity contribution in [2.45, 2.75) is 25.7 Å². The number of hydrogen-bond donors (Lipinski definition) is 1. The van der Waals surface area contributed by atoms with Crippen molar-refractivity contribution in [1.29, 1.82) is 5.41 Å². The van der Waals surface area contributed by atoms with Gasteiger partial charge >= 0.3 is 5.97 Å². The van der Waals surface area contributed by atoms with Crippen LogP contribution in [0.1, 0.15) is 25.7 Å². The van der Waals surface area contributed by atoms with Crippen LogP contribution in [0, 0.1) is 16.7 Å². The SMILES string of the molecule is COC(=O)C1CC(=N)C2(CC2)C1. The predicted octanol–water partition coefficient (Wildman–Crippen LogP) is 1.37. The number of esters is 1. The minimum atomic E-state index is -0.136. The summed E-state index contributed by atoms with van der Waals surface area (Å²) in [5, 5.41) is 7.70. The van der Waals surface area contributed by atoms with Crippen LogP contribution in [0.3, 0.4) is 0 Å². The second-order valence-corrected chi connectivity index (χ2v) is 3.89. The molecule has 2 rings (SSSR count). The molecule has 2 saturated carbocycles. The Kier molecular flexibility index (Phi) is 1.50. The summed E-state index contributed by atoms with van der Waals surface area (Å²) in [5.74, 6) is -0.159. The van der Waals surface area contributed by atoms with Gasteiger partial charge in [-0.2, -0.15) is 0 Å². The first kappa shape index (κ1) is 7.77. The molecule has 1 N–H and O–H groups in total. The van der Waals surface area contributed by atoms with E-state index >= 15 is 0 Å². The molecule has 0 heterocycles. The van der Waals surface area contributed by atoms with Crippen LogP contribution in [0.4, 0.5) is 0 Å². The van der Waals surface area contributed by atoms with E-state index in [9.17, 15) is 4.79 Å². The average Bonchev–Trinajstić information content (AvgIpc) is 2.75. The smallest absolute Gasteiger partial charge is 0.309 e. The first-order chi connectivity index (χ1) is 5.68. The Hall–Kier alpha value is -0.860. The van der Waals surface area contributed by atoms with Gasteiger partial charge in [-0.1, -0.05) is 0 Å². The molecule has 3 heteroatoms. The summed E-state index contributed by atoms with van der Waals surface area (Å²) in [7, 11) is 1.42. The summed E-state index contributed by atoms with van der Waals surface area (Å²) < 4.78 is 4.67. The van der Waals surface area contributed by atoms with Crippen LogP contribution in [0.5, 0.6) is 0 Å². The highest BCUT2D eigenvalue weighted by molar-refractivity contribution is 5.96. The molecule has 2 aliphatic rings. The lowest BCUT2D eigenvalue weighted by Crippen LogP contribution is -2.12. The topological polar surface area (TPSA) is 50.2 Å². The lowest BCUT2D eigenvalue weighted by molar-refractivity contribution is -0.145. The van der Waals surface area contributed by atoms with Crippen molar-refractivity contribution in [3.8, 4) is 0 Å². The van der Waals surface area contributed by atoms with Crippen molar-refractivity contribution in [3.05, 3.63) is 0 Å². The number of hydrogen-bond acceptors (Lipinski definition) is 3. The molecule has 3 nitrogen and oxygen atoms in total. The molecule has 12 heavy (non-hydrogen) atoms. The fourth-order valence-corrected chi connectivity index (χ4v) is 2.12. The standard InChI is InChI=1S/C9H13NO2/c1-12-8(11)6-4-7(10)9(5-6)2-3-9/h6,10H,2-5H2,1H3.